The predicted octanol–water partition coefficient (Wildman–Crippen LogP) is 1.99. The van der Waals surface area contributed by atoms with Crippen LogP contribution < -0.4 is 5.32 Å². The normalized spacial score (nSPS) is 15.8. The van der Waals surface area contributed by atoms with E-state index in [9.17, 15) is 0 Å². The fraction of sp³-hybridized carbons (Fsp3) is 0.455. The second-order valence-corrected chi connectivity index (χ2v) is 5.07. The topological polar surface area (TPSA) is 42.2 Å². The van der Waals surface area contributed by atoms with Crippen molar-refractivity contribution >= 4 is 21.6 Å². The van der Waals surface area contributed by atoms with Crippen molar-refractivity contribution in [1.82, 2.24) is 19.7 Å². The van der Waals surface area contributed by atoms with E-state index in [2.05, 4.69) is 35.6 Å². The maximum absolute atomic E-state index is 4.31. The van der Waals surface area contributed by atoms with Crippen molar-refractivity contribution in [3.8, 4) is 0 Å². The van der Waals surface area contributed by atoms with Crippen LogP contribution in [0.2, 0.25) is 0 Å². The van der Waals surface area contributed by atoms with Gasteiger partial charge in [-0.3, -0.25) is 4.40 Å². The molecule has 3 rings (SSSR count). The molecule has 84 valence electrons. The number of fused-ring (bicyclic) bond motifs is 1. The first-order valence-electron chi connectivity index (χ1n) is 5.51. The third kappa shape index (κ3) is 2.10. The Morgan fingerprint density at radius 2 is 2.25 bits per heavy atom. The molecule has 0 spiro atoms. The van der Waals surface area contributed by atoms with E-state index in [-0.39, 0.29) is 0 Å². The van der Waals surface area contributed by atoms with E-state index in [1.807, 2.05) is 12.4 Å². The zero-order valence-corrected chi connectivity index (χ0v) is 10.4. The molecule has 1 N–H and O–H groups in total. The van der Waals surface area contributed by atoms with Gasteiger partial charge in [-0.25, -0.2) is 9.97 Å². The van der Waals surface area contributed by atoms with Gasteiger partial charge in [0.25, 0.3) is 0 Å². The van der Waals surface area contributed by atoms with Gasteiger partial charge in [0.2, 0.25) is 0 Å². The molecule has 0 aromatic carbocycles. The van der Waals surface area contributed by atoms with Gasteiger partial charge in [-0.15, -0.1) is 0 Å². The van der Waals surface area contributed by atoms with Crippen LogP contribution in [0.3, 0.4) is 0 Å². The summed E-state index contributed by atoms with van der Waals surface area (Å²) in [6.45, 7) is 1.99. The molecule has 16 heavy (non-hydrogen) atoms. The average Bonchev–Trinajstić information content (AvgIpc) is 3.01. The molecular formula is C11H13BrN4. The van der Waals surface area contributed by atoms with E-state index in [0.717, 1.165) is 29.3 Å². The molecule has 1 aliphatic carbocycles. The van der Waals surface area contributed by atoms with Crippen LogP contribution in [0.4, 0.5) is 0 Å². The molecular weight excluding hydrogens is 268 g/mol. The standard InChI is InChI=1S/C11H13BrN4/c12-10-7-16-9(4-13-3-8-1-2-8)5-15-11(16)6-14-10/h5-8,13H,1-4H2. The highest BCUT2D eigenvalue weighted by atomic mass is 79.9. The largest absolute Gasteiger partial charge is 0.311 e. The van der Waals surface area contributed by atoms with Gasteiger partial charge in [-0.1, -0.05) is 0 Å². The van der Waals surface area contributed by atoms with Crippen molar-refractivity contribution in [2.75, 3.05) is 6.54 Å². The van der Waals surface area contributed by atoms with Crippen LogP contribution in [0.5, 0.6) is 0 Å². The lowest BCUT2D eigenvalue weighted by Gasteiger charge is -2.03. The molecule has 2 aromatic heterocycles. The minimum atomic E-state index is 0.835. The zero-order valence-electron chi connectivity index (χ0n) is 8.86. The maximum Gasteiger partial charge on any atom is 0.155 e. The summed E-state index contributed by atoms with van der Waals surface area (Å²) in [5.74, 6) is 0.910. The second-order valence-electron chi connectivity index (χ2n) is 4.26. The number of aromatic nitrogens is 3. The van der Waals surface area contributed by atoms with Crippen LogP contribution >= 0.6 is 15.9 Å². The molecule has 0 amide bonds. The Labute approximate surface area is 102 Å². The summed E-state index contributed by atoms with van der Waals surface area (Å²) >= 11 is 3.37. The number of hydrogen-bond donors (Lipinski definition) is 1. The first-order chi connectivity index (χ1) is 7.83. The van der Waals surface area contributed by atoms with Crippen LogP contribution in [0, 0.1) is 5.92 Å². The molecule has 0 bridgehead atoms. The fourth-order valence-corrected chi connectivity index (χ4v) is 2.08. The maximum atomic E-state index is 4.31. The van der Waals surface area contributed by atoms with Gasteiger partial charge >= 0.3 is 0 Å². The molecule has 2 aromatic rings. The summed E-state index contributed by atoms with van der Waals surface area (Å²) in [7, 11) is 0. The zero-order chi connectivity index (χ0) is 11.0. The van der Waals surface area contributed by atoms with Gasteiger partial charge in [-0.05, 0) is 41.2 Å². The van der Waals surface area contributed by atoms with Crippen LogP contribution in [-0.4, -0.2) is 20.9 Å². The molecule has 0 aliphatic heterocycles. The van der Waals surface area contributed by atoms with Crippen molar-refractivity contribution < 1.29 is 0 Å². The molecule has 4 nitrogen and oxygen atoms in total. The summed E-state index contributed by atoms with van der Waals surface area (Å²) < 4.78 is 2.90. The van der Waals surface area contributed by atoms with E-state index in [4.69, 9.17) is 0 Å². The van der Waals surface area contributed by atoms with E-state index in [0.29, 0.717) is 0 Å². The predicted molar refractivity (Wildman–Crippen MR) is 65.1 cm³/mol. The van der Waals surface area contributed by atoms with Crippen LogP contribution in [0.1, 0.15) is 18.5 Å². The minimum Gasteiger partial charge on any atom is -0.311 e. The Hall–Kier alpha value is -0.940. The third-order valence-corrected chi connectivity index (χ3v) is 3.29. The van der Waals surface area contributed by atoms with E-state index in [1.165, 1.54) is 18.5 Å². The Morgan fingerprint density at radius 1 is 1.38 bits per heavy atom. The molecule has 0 unspecified atom stereocenters. The van der Waals surface area contributed by atoms with E-state index < -0.39 is 0 Å². The van der Waals surface area contributed by atoms with Gasteiger partial charge in [0.05, 0.1) is 18.1 Å². The van der Waals surface area contributed by atoms with Crippen molar-refractivity contribution in [2.24, 2.45) is 5.92 Å². The Balaban J connectivity index is 1.76. The fourth-order valence-electron chi connectivity index (χ4n) is 1.77. The van der Waals surface area contributed by atoms with Gasteiger partial charge in [0.1, 0.15) is 4.60 Å². The smallest absolute Gasteiger partial charge is 0.155 e. The van der Waals surface area contributed by atoms with Gasteiger partial charge < -0.3 is 5.32 Å². The number of hydrogen-bond acceptors (Lipinski definition) is 3. The molecule has 1 saturated carbocycles. The first kappa shape index (κ1) is 10.2. The Morgan fingerprint density at radius 3 is 3.06 bits per heavy atom. The lowest BCUT2D eigenvalue weighted by atomic mass is 10.4. The highest BCUT2D eigenvalue weighted by Crippen LogP contribution is 2.27. The van der Waals surface area contributed by atoms with E-state index in [1.54, 1.807) is 6.20 Å². The number of rotatable bonds is 4. The summed E-state index contributed by atoms with van der Waals surface area (Å²) in [6.07, 6.45) is 8.40. The molecule has 5 heteroatoms. The molecule has 1 fully saturated rings. The van der Waals surface area contributed by atoms with Crippen molar-refractivity contribution in [3.63, 3.8) is 0 Å². The van der Waals surface area contributed by atoms with Gasteiger partial charge in [-0.2, -0.15) is 0 Å². The Kier molecular flexibility index (Phi) is 2.65. The number of imidazole rings is 1. The first-order valence-corrected chi connectivity index (χ1v) is 6.30. The summed E-state index contributed by atoms with van der Waals surface area (Å²) in [5.41, 5.74) is 2.07. The average molecular weight is 281 g/mol. The lowest BCUT2D eigenvalue weighted by molar-refractivity contribution is 0.627. The SMILES string of the molecule is Brc1cn2c(CNCC3CC3)cnc2cn1. The number of nitrogens with zero attached hydrogens (tertiary/aromatic N) is 3. The second kappa shape index (κ2) is 4.14. The van der Waals surface area contributed by atoms with Crippen molar-refractivity contribution in [2.45, 2.75) is 19.4 Å². The van der Waals surface area contributed by atoms with Gasteiger partial charge in [0.15, 0.2) is 5.65 Å². The molecule has 0 saturated heterocycles. The van der Waals surface area contributed by atoms with Crippen LogP contribution in [0.25, 0.3) is 5.65 Å². The molecule has 2 heterocycles. The van der Waals surface area contributed by atoms with Crippen LogP contribution in [0.15, 0.2) is 23.2 Å². The van der Waals surface area contributed by atoms with E-state index >= 15 is 0 Å². The van der Waals surface area contributed by atoms with Crippen molar-refractivity contribution in [1.29, 1.82) is 0 Å². The molecule has 1 aliphatic rings. The highest BCUT2D eigenvalue weighted by molar-refractivity contribution is 9.10. The van der Waals surface area contributed by atoms with Crippen LogP contribution in [-0.2, 0) is 6.54 Å². The minimum absolute atomic E-state index is 0.835. The van der Waals surface area contributed by atoms with Gasteiger partial charge in [0, 0.05) is 12.7 Å². The third-order valence-electron chi connectivity index (χ3n) is 2.88. The lowest BCUT2D eigenvalue weighted by Crippen LogP contribution is -2.17. The number of halogens is 1. The summed E-state index contributed by atoms with van der Waals surface area (Å²) in [4.78, 5) is 8.46. The highest BCUT2D eigenvalue weighted by Gasteiger charge is 2.20. The Bertz CT molecular complexity index is 504. The summed E-state index contributed by atoms with van der Waals surface area (Å²) in [6, 6.07) is 0. The molecule has 0 atom stereocenters. The molecule has 0 radical (unpaired) electrons. The number of nitrogens with one attached hydrogen (secondary N) is 1. The quantitative estimate of drug-likeness (QED) is 0.932. The van der Waals surface area contributed by atoms with Crippen molar-refractivity contribution in [3.05, 3.63) is 28.9 Å². The monoisotopic (exact) mass is 280 g/mol. The summed E-state index contributed by atoms with van der Waals surface area (Å²) in [5, 5.41) is 3.46.